The van der Waals surface area contributed by atoms with Crippen LogP contribution in [0.25, 0.3) is 0 Å². The maximum absolute atomic E-state index is 12.1. The van der Waals surface area contributed by atoms with E-state index in [1.807, 2.05) is 13.8 Å². The summed E-state index contributed by atoms with van der Waals surface area (Å²) in [5.74, 6) is -0.572. The first kappa shape index (κ1) is 18.6. The molecular weight excluding hydrogens is 304 g/mol. The number of hydrogen-bond acceptors (Lipinski definition) is 6. The molecule has 1 rings (SSSR count). The summed E-state index contributed by atoms with van der Waals surface area (Å²) in [6, 6.07) is 0. The summed E-state index contributed by atoms with van der Waals surface area (Å²) in [6.07, 6.45) is 0.721. The number of nitrogens with one attached hydrogen (secondary N) is 2. The third kappa shape index (κ3) is 5.08. The number of hydrogen-bond donors (Lipinski definition) is 2. The average Bonchev–Trinajstić information content (AvgIpc) is 2.79. The average molecular weight is 328 g/mol. The Morgan fingerprint density at radius 1 is 1.27 bits per heavy atom. The predicted octanol–water partition coefficient (Wildman–Crippen LogP) is 1.97. The van der Waals surface area contributed by atoms with Crippen LogP contribution in [0.1, 0.15) is 34.6 Å². The standard InChI is InChI=1S/C15H24N2O4S/c1-5-11-10(3)22-14(13(11)15(19)21-6-2)17-12(18)9-16-7-8-20-4/h16H,5-9H2,1-4H3,(H,17,18). The number of esters is 1. The summed E-state index contributed by atoms with van der Waals surface area (Å²) >= 11 is 1.41. The van der Waals surface area contributed by atoms with Crippen LogP contribution in [0, 0.1) is 6.92 Å². The highest BCUT2D eigenvalue weighted by atomic mass is 32.1. The van der Waals surface area contributed by atoms with E-state index in [-0.39, 0.29) is 18.4 Å². The van der Waals surface area contributed by atoms with E-state index in [1.54, 1.807) is 14.0 Å². The van der Waals surface area contributed by atoms with Gasteiger partial charge in [-0.1, -0.05) is 6.92 Å². The summed E-state index contributed by atoms with van der Waals surface area (Å²) in [5.41, 5.74) is 1.42. The van der Waals surface area contributed by atoms with E-state index in [0.29, 0.717) is 30.3 Å². The maximum atomic E-state index is 12.1. The van der Waals surface area contributed by atoms with Crippen molar-refractivity contribution < 1.29 is 19.1 Å². The van der Waals surface area contributed by atoms with Crippen molar-refractivity contribution in [1.29, 1.82) is 0 Å². The molecule has 6 nitrogen and oxygen atoms in total. The lowest BCUT2D eigenvalue weighted by atomic mass is 10.1. The van der Waals surface area contributed by atoms with Crippen molar-refractivity contribution in [3.63, 3.8) is 0 Å². The van der Waals surface area contributed by atoms with Crippen LogP contribution in [-0.2, 0) is 20.7 Å². The molecule has 0 aliphatic carbocycles. The molecule has 1 aromatic rings. The number of methoxy groups -OCH3 is 1. The smallest absolute Gasteiger partial charge is 0.341 e. The van der Waals surface area contributed by atoms with Crippen molar-refractivity contribution in [2.45, 2.75) is 27.2 Å². The molecule has 0 aliphatic heterocycles. The van der Waals surface area contributed by atoms with E-state index < -0.39 is 0 Å². The van der Waals surface area contributed by atoms with Gasteiger partial charge in [-0.3, -0.25) is 4.79 Å². The molecule has 1 heterocycles. The molecule has 7 heteroatoms. The highest BCUT2D eigenvalue weighted by Gasteiger charge is 2.23. The molecule has 0 bridgehead atoms. The predicted molar refractivity (Wildman–Crippen MR) is 87.8 cm³/mol. The van der Waals surface area contributed by atoms with Crippen LogP contribution in [0.5, 0.6) is 0 Å². The summed E-state index contributed by atoms with van der Waals surface area (Å²) in [4.78, 5) is 25.1. The van der Waals surface area contributed by atoms with E-state index in [0.717, 1.165) is 16.9 Å². The molecule has 0 aromatic carbocycles. The van der Waals surface area contributed by atoms with Gasteiger partial charge in [-0.2, -0.15) is 0 Å². The van der Waals surface area contributed by atoms with Crippen LogP contribution in [0.2, 0.25) is 0 Å². The number of anilines is 1. The lowest BCUT2D eigenvalue weighted by molar-refractivity contribution is -0.115. The lowest BCUT2D eigenvalue weighted by Gasteiger charge is -2.08. The molecule has 22 heavy (non-hydrogen) atoms. The van der Waals surface area contributed by atoms with Crippen molar-refractivity contribution in [3.8, 4) is 0 Å². The first-order valence-electron chi connectivity index (χ1n) is 7.33. The quantitative estimate of drug-likeness (QED) is 0.535. The maximum Gasteiger partial charge on any atom is 0.341 e. The van der Waals surface area contributed by atoms with Gasteiger partial charge in [-0.15, -0.1) is 11.3 Å². The number of aryl methyl sites for hydroxylation is 1. The summed E-state index contributed by atoms with van der Waals surface area (Å²) in [7, 11) is 1.61. The van der Waals surface area contributed by atoms with Crippen molar-refractivity contribution in [2.24, 2.45) is 0 Å². The van der Waals surface area contributed by atoms with E-state index >= 15 is 0 Å². The second-order valence-corrected chi connectivity index (χ2v) is 5.86. The number of carbonyl (C=O) groups excluding carboxylic acids is 2. The number of carbonyl (C=O) groups is 2. The van der Waals surface area contributed by atoms with Crippen LogP contribution < -0.4 is 10.6 Å². The minimum Gasteiger partial charge on any atom is -0.462 e. The molecule has 1 aromatic heterocycles. The molecule has 0 fully saturated rings. The Balaban J connectivity index is 2.81. The molecule has 0 saturated carbocycles. The lowest BCUT2D eigenvalue weighted by Crippen LogP contribution is -2.30. The van der Waals surface area contributed by atoms with Gasteiger partial charge in [-0.25, -0.2) is 4.79 Å². The van der Waals surface area contributed by atoms with Crippen LogP contribution >= 0.6 is 11.3 Å². The fourth-order valence-corrected chi connectivity index (χ4v) is 3.21. The van der Waals surface area contributed by atoms with Crippen LogP contribution in [0.4, 0.5) is 5.00 Å². The van der Waals surface area contributed by atoms with Crippen molar-refractivity contribution in [3.05, 3.63) is 16.0 Å². The summed E-state index contributed by atoms with van der Waals surface area (Å²) in [5, 5.41) is 6.33. The zero-order valence-electron chi connectivity index (χ0n) is 13.6. The Bertz CT molecular complexity index is 514. The van der Waals surface area contributed by atoms with Crippen molar-refractivity contribution >= 4 is 28.2 Å². The zero-order chi connectivity index (χ0) is 16.5. The second kappa shape index (κ2) is 9.55. The fourth-order valence-electron chi connectivity index (χ4n) is 2.06. The largest absolute Gasteiger partial charge is 0.462 e. The van der Waals surface area contributed by atoms with Crippen molar-refractivity contribution in [2.75, 3.05) is 38.7 Å². The highest BCUT2D eigenvalue weighted by molar-refractivity contribution is 7.16. The van der Waals surface area contributed by atoms with E-state index in [1.165, 1.54) is 11.3 Å². The highest BCUT2D eigenvalue weighted by Crippen LogP contribution is 2.33. The third-order valence-electron chi connectivity index (χ3n) is 3.06. The zero-order valence-corrected chi connectivity index (χ0v) is 14.4. The molecule has 0 aliphatic rings. The van der Waals surface area contributed by atoms with E-state index in [2.05, 4.69) is 10.6 Å². The van der Waals surface area contributed by atoms with Gasteiger partial charge in [0.15, 0.2) is 0 Å². The van der Waals surface area contributed by atoms with E-state index in [4.69, 9.17) is 9.47 Å². The first-order valence-corrected chi connectivity index (χ1v) is 8.15. The van der Waals surface area contributed by atoms with Gasteiger partial charge >= 0.3 is 5.97 Å². The SMILES string of the molecule is CCOC(=O)c1c(NC(=O)CNCCOC)sc(C)c1CC. The minimum absolute atomic E-state index is 0.171. The Morgan fingerprint density at radius 2 is 2.00 bits per heavy atom. The Kier molecular flexibility index (Phi) is 8.08. The van der Waals surface area contributed by atoms with Gasteiger partial charge in [0, 0.05) is 18.5 Å². The van der Waals surface area contributed by atoms with Crippen LogP contribution in [-0.4, -0.2) is 45.3 Å². The molecule has 124 valence electrons. The van der Waals surface area contributed by atoms with Gasteiger partial charge in [0.05, 0.1) is 25.3 Å². The molecule has 0 unspecified atom stereocenters. The molecule has 0 saturated heterocycles. The number of rotatable bonds is 9. The van der Waals surface area contributed by atoms with Gasteiger partial charge < -0.3 is 20.1 Å². The third-order valence-corrected chi connectivity index (χ3v) is 4.13. The molecule has 0 radical (unpaired) electrons. The number of ether oxygens (including phenoxy) is 2. The molecule has 0 spiro atoms. The minimum atomic E-state index is -0.383. The molecule has 2 N–H and O–H groups in total. The second-order valence-electron chi connectivity index (χ2n) is 4.63. The number of amides is 1. The first-order chi connectivity index (χ1) is 10.5. The van der Waals surface area contributed by atoms with Gasteiger partial charge in [0.2, 0.25) is 5.91 Å². The van der Waals surface area contributed by atoms with Gasteiger partial charge in [0.1, 0.15) is 5.00 Å². The molecular formula is C15H24N2O4S. The number of thiophene rings is 1. The van der Waals surface area contributed by atoms with Crippen LogP contribution in [0.15, 0.2) is 0 Å². The Morgan fingerprint density at radius 3 is 2.59 bits per heavy atom. The normalized spacial score (nSPS) is 10.5. The van der Waals surface area contributed by atoms with Gasteiger partial charge in [0.25, 0.3) is 0 Å². The topological polar surface area (TPSA) is 76.7 Å². The Hall–Kier alpha value is -1.44. The Labute approximate surface area is 135 Å². The summed E-state index contributed by atoms with van der Waals surface area (Å²) < 4.78 is 10.0. The molecule has 0 atom stereocenters. The van der Waals surface area contributed by atoms with Crippen LogP contribution in [0.3, 0.4) is 0 Å². The van der Waals surface area contributed by atoms with Crippen molar-refractivity contribution in [1.82, 2.24) is 5.32 Å². The van der Waals surface area contributed by atoms with Gasteiger partial charge in [-0.05, 0) is 25.8 Å². The summed E-state index contributed by atoms with van der Waals surface area (Å²) in [6.45, 7) is 7.31. The fraction of sp³-hybridized carbons (Fsp3) is 0.600. The van der Waals surface area contributed by atoms with E-state index in [9.17, 15) is 9.59 Å². The molecule has 1 amide bonds. The monoisotopic (exact) mass is 328 g/mol.